The van der Waals surface area contributed by atoms with E-state index in [1.807, 2.05) is 0 Å². The number of urea groups is 1. The molecule has 4 nitrogen and oxygen atoms in total. The number of halogens is 1. The van der Waals surface area contributed by atoms with Crippen molar-refractivity contribution in [3.63, 3.8) is 0 Å². The third kappa shape index (κ3) is 1.85. The average Bonchev–Trinajstić information content (AvgIpc) is 2.47. The molecule has 1 heterocycles. The fraction of sp³-hybridized carbons (Fsp3) is 0.778. The first-order valence-electron chi connectivity index (χ1n) is 4.92. The van der Waals surface area contributed by atoms with Crippen LogP contribution in [0, 0.1) is 5.92 Å². The zero-order valence-electron chi connectivity index (χ0n) is 7.75. The fourth-order valence-corrected chi connectivity index (χ4v) is 2.43. The van der Waals surface area contributed by atoms with Crippen LogP contribution in [0.2, 0.25) is 0 Å². The molecule has 2 rings (SSSR count). The van der Waals surface area contributed by atoms with E-state index in [0.717, 1.165) is 25.7 Å². The van der Waals surface area contributed by atoms with Crippen molar-refractivity contribution >= 4 is 23.5 Å². The third-order valence-electron chi connectivity index (χ3n) is 2.98. The molecule has 2 fully saturated rings. The van der Waals surface area contributed by atoms with Gasteiger partial charge in [-0.3, -0.25) is 10.1 Å². The number of carbonyl (C=O) groups is 2. The lowest BCUT2D eigenvalue weighted by molar-refractivity contribution is -0.121. The molecule has 14 heavy (non-hydrogen) atoms. The molecule has 1 saturated carbocycles. The van der Waals surface area contributed by atoms with Crippen molar-refractivity contribution in [3.8, 4) is 0 Å². The van der Waals surface area contributed by atoms with Crippen molar-refractivity contribution in [2.75, 3.05) is 0 Å². The Balaban J connectivity index is 1.95. The molecular weight excluding hydrogens is 204 g/mol. The predicted molar refractivity (Wildman–Crippen MR) is 52.1 cm³/mol. The molecule has 5 heteroatoms. The van der Waals surface area contributed by atoms with Crippen LogP contribution < -0.4 is 10.6 Å². The van der Waals surface area contributed by atoms with Gasteiger partial charge in [0.25, 0.3) is 5.91 Å². The van der Waals surface area contributed by atoms with Gasteiger partial charge in [0.1, 0.15) is 6.04 Å². The van der Waals surface area contributed by atoms with Crippen molar-refractivity contribution in [2.45, 2.75) is 37.1 Å². The number of hydrogen-bond donors (Lipinski definition) is 2. The van der Waals surface area contributed by atoms with Gasteiger partial charge in [-0.15, -0.1) is 11.6 Å². The number of nitrogens with one attached hydrogen (secondary N) is 2. The Morgan fingerprint density at radius 2 is 1.79 bits per heavy atom. The molecule has 3 amide bonds. The normalized spacial score (nSPS) is 37.9. The van der Waals surface area contributed by atoms with Gasteiger partial charge in [-0.05, 0) is 31.6 Å². The van der Waals surface area contributed by atoms with Crippen LogP contribution in [-0.4, -0.2) is 23.4 Å². The van der Waals surface area contributed by atoms with Crippen LogP contribution in [0.3, 0.4) is 0 Å². The standard InChI is InChI=1S/C9H13ClN2O2/c10-6-3-1-5(2-4-6)7-8(13)12-9(14)11-7/h5-7H,1-4H2,(H2,11,12,13,14). The van der Waals surface area contributed by atoms with Crippen LogP contribution >= 0.6 is 11.6 Å². The Morgan fingerprint density at radius 1 is 1.14 bits per heavy atom. The van der Waals surface area contributed by atoms with Crippen molar-refractivity contribution in [1.29, 1.82) is 0 Å². The molecule has 0 spiro atoms. The lowest BCUT2D eigenvalue weighted by Gasteiger charge is -2.27. The lowest BCUT2D eigenvalue weighted by atomic mass is 9.84. The van der Waals surface area contributed by atoms with E-state index >= 15 is 0 Å². The molecule has 0 radical (unpaired) electrons. The summed E-state index contributed by atoms with van der Waals surface area (Å²) in [4.78, 5) is 22.2. The number of hydrogen-bond acceptors (Lipinski definition) is 2. The van der Waals surface area contributed by atoms with E-state index in [-0.39, 0.29) is 29.3 Å². The van der Waals surface area contributed by atoms with Crippen molar-refractivity contribution in [2.24, 2.45) is 5.92 Å². The minimum atomic E-state index is -0.368. The van der Waals surface area contributed by atoms with Crippen LogP contribution in [0.25, 0.3) is 0 Å². The summed E-state index contributed by atoms with van der Waals surface area (Å²) >= 11 is 5.97. The highest BCUT2D eigenvalue weighted by Crippen LogP contribution is 2.30. The summed E-state index contributed by atoms with van der Waals surface area (Å²) in [6.45, 7) is 0. The zero-order chi connectivity index (χ0) is 10.1. The van der Waals surface area contributed by atoms with Crippen LogP contribution in [0.5, 0.6) is 0 Å². The first-order valence-corrected chi connectivity index (χ1v) is 5.36. The van der Waals surface area contributed by atoms with E-state index in [9.17, 15) is 9.59 Å². The van der Waals surface area contributed by atoms with Gasteiger partial charge in [-0.1, -0.05) is 0 Å². The maximum atomic E-state index is 11.3. The van der Waals surface area contributed by atoms with Gasteiger partial charge < -0.3 is 5.32 Å². The molecule has 2 N–H and O–H groups in total. The molecular formula is C9H13ClN2O2. The maximum absolute atomic E-state index is 11.3. The topological polar surface area (TPSA) is 58.2 Å². The van der Waals surface area contributed by atoms with E-state index in [0.29, 0.717) is 0 Å². The molecule has 2 aliphatic rings. The summed E-state index contributed by atoms with van der Waals surface area (Å²) in [5, 5.41) is 5.14. The smallest absolute Gasteiger partial charge is 0.322 e. The number of rotatable bonds is 1. The molecule has 0 aromatic carbocycles. The molecule has 78 valence electrons. The number of imide groups is 1. The van der Waals surface area contributed by atoms with Gasteiger partial charge in [0.05, 0.1) is 0 Å². The summed E-state index contributed by atoms with van der Waals surface area (Å²) in [6.07, 6.45) is 3.72. The van der Waals surface area contributed by atoms with E-state index in [1.54, 1.807) is 0 Å². The van der Waals surface area contributed by atoms with Gasteiger partial charge >= 0.3 is 6.03 Å². The second-order valence-electron chi connectivity index (χ2n) is 3.95. The van der Waals surface area contributed by atoms with Crippen molar-refractivity contribution in [1.82, 2.24) is 10.6 Å². The largest absolute Gasteiger partial charge is 0.326 e. The molecule has 1 saturated heterocycles. The highest BCUT2D eigenvalue weighted by atomic mass is 35.5. The van der Waals surface area contributed by atoms with Crippen LogP contribution in [0.4, 0.5) is 4.79 Å². The monoisotopic (exact) mass is 216 g/mol. The molecule has 0 bridgehead atoms. The van der Waals surface area contributed by atoms with Crippen molar-refractivity contribution in [3.05, 3.63) is 0 Å². The Morgan fingerprint density at radius 3 is 2.29 bits per heavy atom. The molecule has 1 unspecified atom stereocenters. The first-order chi connectivity index (χ1) is 6.66. The summed E-state index contributed by atoms with van der Waals surface area (Å²) in [5.41, 5.74) is 0. The average molecular weight is 217 g/mol. The molecule has 1 atom stereocenters. The Kier molecular flexibility index (Phi) is 2.63. The summed E-state index contributed by atoms with van der Waals surface area (Å²) in [7, 11) is 0. The highest BCUT2D eigenvalue weighted by molar-refractivity contribution is 6.20. The van der Waals surface area contributed by atoms with Gasteiger partial charge in [0.2, 0.25) is 0 Å². The SMILES string of the molecule is O=C1NC(=O)C(C2CCC(Cl)CC2)N1. The molecule has 1 aliphatic heterocycles. The van der Waals surface area contributed by atoms with E-state index in [1.165, 1.54) is 0 Å². The van der Waals surface area contributed by atoms with Crippen LogP contribution in [0.15, 0.2) is 0 Å². The number of amides is 3. The number of alkyl halides is 1. The molecule has 1 aliphatic carbocycles. The van der Waals surface area contributed by atoms with E-state index in [4.69, 9.17) is 11.6 Å². The minimum Gasteiger partial charge on any atom is -0.326 e. The Bertz CT molecular complexity index is 262. The second-order valence-corrected chi connectivity index (χ2v) is 4.57. The lowest BCUT2D eigenvalue weighted by Crippen LogP contribution is -2.38. The van der Waals surface area contributed by atoms with E-state index in [2.05, 4.69) is 10.6 Å². The third-order valence-corrected chi connectivity index (χ3v) is 3.42. The van der Waals surface area contributed by atoms with Gasteiger partial charge in [-0.25, -0.2) is 4.79 Å². The molecule has 0 aromatic rings. The van der Waals surface area contributed by atoms with E-state index < -0.39 is 0 Å². The zero-order valence-corrected chi connectivity index (χ0v) is 8.51. The Labute approximate surface area is 87.4 Å². The summed E-state index contributed by atoms with van der Waals surface area (Å²) < 4.78 is 0. The predicted octanol–water partition coefficient (Wildman–Crippen LogP) is 0.992. The van der Waals surface area contributed by atoms with Crippen LogP contribution in [-0.2, 0) is 4.79 Å². The second kappa shape index (κ2) is 3.77. The van der Waals surface area contributed by atoms with Gasteiger partial charge in [0, 0.05) is 5.38 Å². The summed E-state index contributed by atoms with van der Waals surface area (Å²) in [6, 6.07) is -0.695. The number of carbonyl (C=O) groups excluding carboxylic acids is 2. The summed E-state index contributed by atoms with van der Waals surface area (Å²) in [5.74, 6) is 0.0736. The van der Waals surface area contributed by atoms with Crippen molar-refractivity contribution < 1.29 is 9.59 Å². The van der Waals surface area contributed by atoms with Gasteiger partial charge in [0.15, 0.2) is 0 Å². The molecule has 0 aromatic heterocycles. The van der Waals surface area contributed by atoms with Crippen LogP contribution in [0.1, 0.15) is 25.7 Å². The maximum Gasteiger partial charge on any atom is 0.322 e. The van der Waals surface area contributed by atoms with Gasteiger partial charge in [-0.2, -0.15) is 0 Å². The minimum absolute atomic E-state index is 0.187. The first kappa shape index (κ1) is 9.77. The highest BCUT2D eigenvalue weighted by Gasteiger charge is 2.37. The Hall–Kier alpha value is -0.770. The quantitative estimate of drug-likeness (QED) is 0.507. The fourth-order valence-electron chi connectivity index (χ4n) is 2.18.